The average molecular weight is 340 g/mol. The van der Waals surface area contributed by atoms with Crippen molar-refractivity contribution in [3.8, 4) is 0 Å². The molecule has 23 heavy (non-hydrogen) atoms. The largest absolute Gasteiger partial charge is 0.482 e. The second kappa shape index (κ2) is 7.67. The van der Waals surface area contributed by atoms with E-state index in [1.807, 2.05) is 11.9 Å². The van der Waals surface area contributed by atoms with Crippen molar-refractivity contribution in [3.63, 3.8) is 0 Å². The first-order chi connectivity index (χ1) is 11.1. The zero-order chi connectivity index (χ0) is 16.2. The molecule has 0 N–H and O–H groups in total. The Kier molecular flexibility index (Phi) is 5.59. The van der Waals surface area contributed by atoms with Crippen LogP contribution in [0.15, 0.2) is 16.8 Å². The van der Waals surface area contributed by atoms with Crippen molar-refractivity contribution in [2.24, 2.45) is 10.9 Å². The minimum Gasteiger partial charge on any atom is -0.482 e. The van der Waals surface area contributed by atoms with Gasteiger partial charge in [-0.15, -0.1) is 11.6 Å². The van der Waals surface area contributed by atoms with Gasteiger partial charge in [0.2, 0.25) is 0 Å². The highest BCUT2D eigenvalue weighted by atomic mass is 35.5. The molecule has 0 aromatic rings. The van der Waals surface area contributed by atoms with Gasteiger partial charge in [0.15, 0.2) is 6.61 Å². The summed E-state index contributed by atoms with van der Waals surface area (Å²) in [7, 11) is 1.89. The number of hydrogen-bond acceptors (Lipinski definition) is 4. The van der Waals surface area contributed by atoms with E-state index in [1.54, 1.807) is 12.3 Å². The second-order valence-electron chi connectivity index (χ2n) is 6.85. The molecule has 0 bridgehead atoms. The summed E-state index contributed by atoms with van der Waals surface area (Å²) in [6.45, 7) is 4.08. The molecule has 128 valence electrons. The van der Waals surface area contributed by atoms with E-state index in [-0.39, 0.29) is 17.9 Å². The molecule has 1 unspecified atom stereocenters. The monoisotopic (exact) mass is 339 g/mol. The molecule has 0 spiro atoms. The molecule has 1 aliphatic carbocycles. The van der Waals surface area contributed by atoms with Crippen LogP contribution in [0.25, 0.3) is 0 Å². The van der Waals surface area contributed by atoms with Crippen LogP contribution in [-0.2, 0) is 9.53 Å². The Morgan fingerprint density at radius 1 is 1.39 bits per heavy atom. The topological polar surface area (TPSA) is 45.1 Å². The van der Waals surface area contributed by atoms with Crippen LogP contribution in [0.2, 0.25) is 0 Å². The molecular formula is C17H26ClN3O2. The number of piperidine rings is 1. The van der Waals surface area contributed by atoms with E-state index < -0.39 is 0 Å². The van der Waals surface area contributed by atoms with Crippen LogP contribution in [0, 0.1) is 5.92 Å². The smallest absolute Gasteiger partial charge is 0.260 e. The van der Waals surface area contributed by atoms with Gasteiger partial charge in [-0.2, -0.15) is 0 Å². The number of amides is 1. The summed E-state index contributed by atoms with van der Waals surface area (Å²) in [6.07, 6.45) is 8.36. The fourth-order valence-electron chi connectivity index (χ4n) is 3.21. The summed E-state index contributed by atoms with van der Waals surface area (Å²) >= 11 is 5.99. The fourth-order valence-corrected chi connectivity index (χ4v) is 3.41. The van der Waals surface area contributed by atoms with Crippen LogP contribution in [0.3, 0.4) is 0 Å². The van der Waals surface area contributed by atoms with Crippen molar-refractivity contribution >= 4 is 23.7 Å². The Morgan fingerprint density at radius 2 is 2.13 bits per heavy atom. The SMILES string of the molecule is CN(C(=O)COC1=CC(Cl)CN=C1)C1CCN(CC2CC2)CC1. The summed E-state index contributed by atoms with van der Waals surface area (Å²) < 4.78 is 5.53. The van der Waals surface area contributed by atoms with E-state index in [4.69, 9.17) is 16.3 Å². The summed E-state index contributed by atoms with van der Waals surface area (Å²) in [5.41, 5.74) is 0. The van der Waals surface area contributed by atoms with Crippen molar-refractivity contribution in [1.29, 1.82) is 0 Å². The maximum Gasteiger partial charge on any atom is 0.260 e. The number of alkyl halides is 1. The van der Waals surface area contributed by atoms with Crippen LogP contribution in [-0.4, -0.2) is 73.2 Å². The number of dihydropyridines is 1. The zero-order valence-electron chi connectivity index (χ0n) is 13.8. The number of nitrogens with zero attached hydrogens (tertiary/aromatic N) is 3. The third-order valence-corrected chi connectivity index (χ3v) is 5.18. The van der Waals surface area contributed by atoms with Gasteiger partial charge >= 0.3 is 0 Å². The number of likely N-dealkylation sites (N-methyl/N-ethyl adjacent to an activating group) is 1. The molecule has 1 atom stereocenters. The van der Waals surface area contributed by atoms with Crippen molar-refractivity contribution in [2.45, 2.75) is 37.1 Å². The van der Waals surface area contributed by atoms with Crippen molar-refractivity contribution < 1.29 is 9.53 Å². The first-order valence-electron chi connectivity index (χ1n) is 8.58. The van der Waals surface area contributed by atoms with Crippen molar-refractivity contribution in [3.05, 3.63) is 11.8 Å². The van der Waals surface area contributed by atoms with E-state index in [9.17, 15) is 4.79 Å². The molecule has 1 amide bonds. The highest BCUT2D eigenvalue weighted by molar-refractivity contribution is 6.22. The molecule has 2 aliphatic heterocycles. The normalized spacial score (nSPS) is 26.0. The summed E-state index contributed by atoms with van der Waals surface area (Å²) in [6, 6.07) is 0.330. The number of rotatable bonds is 6. The summed E-state index contributed by atoms with van der Waals surface area (Å²) in [4.78, 5) is 20.8. The van der Waals surface area contributed by atoms with Crippen LogP contribution in [0.1, 0.15) is 25.7 Å². The van der Waals surface area contributed by atoms with Gasteiger partial charge in [0, 0.05) is 32.7 Å². The fraction of sp³-hybridized carbons (Fsp3) is 0.765. The maximum atomic E-state index is 12.3. The molecule has 0 radical (unpaired) electrons. The Hall–Kier alpha value is -1.07. The maximum absolute atomic E-state index is 12.3. The lowest BCUT2D eigenvalue weighted by Crippen LogP contribution is -2.47. The van der Waals surface area contributed by atoms with Gasteiger partial charge in [-0.3, -0.25) is 9.79 Å². The number of allylic oxidation sites excluding steroid dienone is 1. The van der Waals surface area contributed by atoms with Gasteiger partial charge in [-0.05, 0) is 37.7 Å². The van der Waals surface area contributed by atoms with E-state index in [0.29, 0.717) is 18.3 Å². The predicted molar refractivity (Wildman–Crippen MR) is 92.0 cm³/mol. The van der Waals surface area contributed by atoms with Crippen molar-refractivity contribution in [2.75, 3.05) is 39.8 Å². The van der Waals surface area contributed by atoms with Crippen LogP contribution in [0.5, 0.6) is 0 Å². The van der Waals surface area contributed by atoms with E-state index in [1.165, 1.54) is 19.4 Å². The molecule has 6 heteroatoms. The molecule has 0 aromatic carbocycles. The molecule has 2 fully saturated rings. The van der Waals surface area contributed by atoms with Gasteiger partial charge in [0.25, 0.3) is 5.91 Å². The number of hydrogen-bond donors (Lipinski definition) is 0. The first kappa shape index (κ1) is 16.8. The van der Waals surface area contributed by atoms with Crippen molar-refractivity contribution in [1.82, 2.24) is 9.80 Å². The molecule has 3 rings (SSSR count). The number of halogens is 1. The zero-order valence-corrected chi connectivity index (χ0v) is 14.5. The van der Waals surface area contributed by atoms with Gasteiger partial charge in [-0.25, -0.2) is 0 Å². The minimum absolute atomic E-state index is 0.0247. The number of carbonyl (C=O) groups is 1. The lowest BCUT2D eigenvalue weighted by molar-refractivity contribution is -0.136. The minimum atomic E-state index is -0.140. The Morgan fingerprint density at radius 3 is 2.78 bits per heavy atom. The summed E-state index contributed by atoms with van der Waals surface area (Å²) in [5, 5.41) is -0.140. The number of aliphatic imine (C=N–C) groups is 1. The number of ether oxygens (including phenoxy) is 1. The number of carbonyl (C=O) groups excluding carboxylic acids is 1. The second-order valence-corrected chi connectivity index (χ2v) is 7.41. The molecule has 1 saturated carbocycles. The van der Waals surface area contributed by atoms with Crippen LogP contribution in [0.4, 0.5) is 0 Å². The third kappa shape index (κ3) is 4.95. The van der Waals surface area contributed by atoms with E-state index in [0.717, 1.165) is 31.8 Å². The lowest BCUT2D eigenvalue weighted by atomic mass is 10.0. The molecule has 2 heterocycles. The first-order valence-corrected chi connectivity index (χ1v) is 9.02. The summed E-state index contributed by atoms with van der Waals surface area (Å²) in [5.74, 6) is 1.56. The molecular weight excluding hydrogens is 314 g/mol. The van der Waals surface area contributed by atoms with Gasteiger partial charge in [0.05, 0.1) is 18.1 Å². The van der Waals surface area contributed by atoms with E-state index in [2.05, 4.69) is 9.89 Å². The molecule has 0 aromatic heterocycles. The predicted octanol–water partition coefficient (Wildman–Crippen LogP) is 1.91. The lowest BCUT2D eigenvalue weighted by Gasteiger charge is -2.36. The highest BCUT2D eigenvalue weighted by Crippen LogP contribution is 2.30. The highest BCUT2D eigenvalue weighted by Gasteiger charge is 2.29. The quantitative estimate of drug-likeness (QED) is 0.694. The van der Waals surface area contributed by atoms with Gasteiger partial charge in [0.1, 0.15) is 5.76 Å². The van der Waals surface area contributed by atoms with Crippen LogP contribution >= 0.6 is 11.6 Å². The number of likely N-dealkylation sites (tertiary alicyclic amines) is 1. The molecule has 1 saturated heterocycles. The van der Waals surface area contributed by atoms with E-state index >= 15 is 0 Å². The Labute approximate surface area is 143 Å². The van der Waals surface area contributed by atoms with Gasteiger partial charge in [-0.1, -0.05) is 0 Å². The standard InChI is InChI=1S/C17H26ClN3O2/c1-20(15-4-6-21(7-5-15)11-13-2-3-13)17(22)12-23-16-8-14(18)9-19-10-16/h8,10,13-15H,2-7,9,11-12H2,1H3. The third-order valence-electron chi connectivity index (χ3n) is 4.92. The van der Waals surface area contributed by atoms with Crippen LogP contribution < -0.4 is 0 Å². The average Bonchev–Trinajstić information content (AvgIpc) is 3.37. The molecule has 3 aliphatic rings. The molecule has 5 nitrogen and oxygen atoms in total. The van der Waals surface area contributed by atoms with Gasteiger partial charge < -0.3 is 14.5 Å². The Bertz CT molecular complexity index is 482. The Balaban J connectivity index is 1.40.